The van der Waals surface area contributed by atoms with Gasteiger partial charge >= 0.3 is 0 Å². The number of nitrogens with zero attached hydrogens (tertiary/aromatic N) is 1. The first-order chi connectivity index (χ1) is 8.81. The van der Waals surface area contributed by atoms with Gasteiger partial charge in [-0.2, -0.15) is 0 Å². The Labute approximate surface area is 114 Å². The highest BCUT2D eigenvalue weighted by Gasteiger charge is 2.24. The van der Waals surface area contributed by atoms with Crippen LogP contribution in [0.4, 0.5) is 0 Å². The second-order valence-corrected chi connectivity index (χ2v) is 6.93. The molecule has 2 heterocycles. The molecule has 18 heavy (non-hydrogen) atoms. The van der Waals surface area contributed by atoms with Crippen LogP contribution in [0.2, 0.25) is 0 Å². The third kappa shape index (κ3) is 3.34. The van der Waals surface area contributed by atoms with Crippen LogP contribution in [-0.4, -0.2) is 30.6 Å². The maximum Gasteiger partial charge on any atom is 0.0330 e. The highest BCUT2D eigenvalue weighted by Crippen LogP contribution is 2.28. The number of aryl methyl sites for hydroxylation is 1. The molecule has 1 aromatic heterocycles. The summed E-state index contributed by atoms with van der Waals surface area (Å²) >= 11 is 1.91. The maximum absolute atomic E-state index is 3.75. The minimum absolute atomic E-state index is 0.784. The molecule has 0 aromatic carbocycles. The van der Waals surface area contributed by atoms with Crippen molar-refractivity contribution in [1.82, 2.24) is 10.2 Å². The molecule has 0 amide bonds. The van der Waals surface area contributed by atoms with E-state index in [1.165, 1.54) is 57.4 Å². The number of likely N-dealkylation sites (tertiary alicyclic amines) is 1. The molecular weight excluding hydrogens is 240 g/mol. The normalized spacial score (nSPS) is 22.5. The number of piperidine rings is 1. The highest BCUT2D eigenvalue weighted by atomic mass is 32.1. The molecule has 0 radical (unpaired) electrons. The average Bonchev–Trinajstić information content (AvgIpc) is 3.13. The SMILES string of the molecule is Cc1ccsc1CN1CCC(NCC2CC2)CC1. The first-order valence-electron chi connectivity index (χ1n) is 7.30. The molecule has 0 unspecified atom stereocenters. The van der Waals surface area contributed by atoms with E-state index < -0.39 is 0 Å². The fourth-order valence-corrected chi connectivity index (χ4v) is 3.67. The van der Waals surface area contributed by atoms with Crippen LogP contribution in [0.15, 0.2) is 11.4 Å². The lowest BCUT2D eigenvalue weighted by molar-refractivity contribution is 0.191. The lowest BCUT2D eigenvalue weighted by Gasteiger charge is -2.32. The van der Waals surface area contributed by atoms with E-state index in [1.54, 1.807) is 4.88 Å². The van der Waals surface area contributed by atoms with Crippen molar-refractivity contribution in [1.29, 1.82) is 0 Å². The van der Waals surface area contributed by atoms with Crippen LogP contribution < -0.4 is 5.32 Å². The van der Waals surface area contributed by atoms with E-state index in [1.807, 2.05) is 11.3 Å². The van der Waals surface area contributed by atoms with Crippen molar-refractivity contribution in [2.75, 3.05) is 19.6 Å². The fourth-order valence-electron chi connectivity index (χ4n) is 2.72. The van der Waals surface area contributed by atoms with Gasteiger partial charge in [0.2, 0.25) is 0 Å². The summed E-state index contributed by atoms with van der Waals surface area (Å²) in [7, 11) is 0. The second-order valence-electron chi connectivity index (χ2n) is 5.93. The Kier molecular flexibility index (Phi) is 4.02. The van der Waals surface area contributed by atoms with Crippen molar-refractivity contribution >= 4 is 11.3 Å². The summed E-state index contributed by atoms with van der Waals surface area (Å²) in [5, 5.41) is 5.97. The summed E-state index contributed by atoms with van der Waals surface area (Å²) in [4.78, 5) is 4.17. The van der Waals surface area contributed by atoms with Gasteiger partial charge in [0.1, 0.15) is 0 Å². The van der Waals surface area contributed by atoms with Crippen LogP contribution in [-0.2, 0) is 6.54 Å². The van der Waals surface area contributed by atoms with Gasteiger partial charge in [-0.05, 0) is 75.2 Å². The Balaban J connectivity index is 1.40. The van der Waals surface area contributed by atoms with E-state index in [4.69, 9.17) is 0 Å². The summed E-state index contributed by atoms with van der Waals surface area (Å²) in [6.07, 6.45) is 5.58. The monoisotopic (exact) mass is 264 g/mol. The van der Waals surface area contributed by atoms with Crippen molar-refractivity contribution in [3.05, 3.63) is 21.9 Å². The number of nitrogens with one attached hydrogen (secondary N) is 1. The van der Waals surface area contributed by atoms with Crippen LogP contribution in [0.5, 0.6) is 0 Å². The maximum atomic E-state index is 3.75. The topological polar surface area (TPSA) is 15.3 Å². The summed E-state index contributed by atoms with van der Waals surface area (Å²) in [6.45, 7) is 7.20. The van der Waals surface area contributed by atoms with Crippen LogP contribution in [0, 0.1) is 12.8 Å². The van der Waals surface area contributed by atoms with Crippen molar-refractivity contribution < 1.29 is 0 Å². The van der Waals surface area contributed by atoms with Gasteiger partial charge in [-0.15, -0.1) is 11.3 Å². The smallest absolute Gasteiger partial charge is 0.0330 e. The molecule has 0 bridgehead atoms. The molecule has 1 aliphatic heterocycles. The molecule has 2 nitrogen and oxygen atoms in total. The Morgan fingerprint density at radius 1 is 1.28 bits per heavy atom. The Bertz CT molecular complexity index is 376. The first kappa shape index (κ1) is 12.6. The second kappa shape index (κ2) is 5.72. The van der Waals surface area contributed by atoms with Gasteiger partial charge in [0.15, 0.2) is 0 Å². The molecule has 2 aliphatic rings. The molecule has 1 aromatic rings. The number of hydrogen-bond acceptors (Lipinski definition) is 3. The van der Waals surface area contributed by atoms with Gasteiger partial charge in [-0.1, -0.05) is 0 Å². The van der Waals surface area contributed by atoms with Crippen LogP contribution in [0.25, 0.3) is 0 Å². The van der Waals surface area contributed by atoms with Crippen LogP contribution in [0.3, 0.4) is 0 Å². The van der Waals surface area contributed by atoms with E-state index in [0.29, 0.717) is 0 Å². The molecular formula is C15H24N2S. The van der Waals surface area contributed by atoms with Crippen molar-refractivity contribution in [2.45, 2.75) is 45.2 Å². The largest absolute Gasteiger partial charge is 0.314 e. The molecule has 3 rings (SSSR count). The zero-order valence-electron chi connectivity index (χ0n) is 11.3. The van der Waals surface area contributed by atoms with E-state index in [0.717, 1.165) is 12.0 Å². The average molecular weight is 264 g/mol. The van der Waals surface area contributed by atoms with Crippen molar-refractivity contribution in [3.8, 4) is 0 Å². The number of rotatable bonds is 5. The third-order valence-electron chi connectivity index (χ3n) is 4.32. The van der Waals surface area contributed by atoms with Gasteiger partial charge in [0.05, 0.1) is 0 Å². The molecule has 1 N–H and O–H groups in total. The molecule has 0 atom stereocenters. The van der Waals surface area contributed by atoms with E-state index in [2.05, 4.69) is 28.6 Å². The summed E-state index contributed by atoms with van der Waals surface area (Å²) in [5.74, 6) is 1.01. The molecule has 1 aliphatic carbocycles. The molecule has 1 saturated carbocycles. The Hall–Kier alpha value is -0.380. The van der Waals surface area contributed by atoms with E-state index in [9.17, 15) is 0 Å². The Morgan fingerprint density at radius 3 is 2.67 bits per heavy atom. The highest BCUT2D eigenvalue weighted by molar-refractivity contribution is 7.10. The minimum Gasteiger partial charge on any atom is -0.314 e. The Morgan fingerprint density at radius 2 is 2.06 bits per heavy atom. The van der Waals surface area contributed by atoms with Gasteiger partial charge < -0.3 is 5.32 Å². The standard InChI is InChI=1S/C15H24N2S/c1-12-6-9-18-15(12)11-17-7-4-14(5-8-17)16-10-13-2-3-13/h6,9,13-14,16H,2-5,7-8,10-11H2,1H3. The number of thiophene rings is 1. The third-order valence-corrected chi connectivity index (χ3v) is 5.32. The lowest BCUT2D eigenvalue weighted by Crippen LogP contribution is -2.42. The fraction of sp³-hybridized carbons (Fsp3) is 0.733. The van der Waals surface area contributed by atoms with E-state index in [-0.39, 0.29) is 0 Å². The van der Waals surface area contributed by atoms with Crippen molar-refractivity contribution in [3.63, 3.8) is 0 Å². The van der Waals surface area contributed by atoms with Crippen LogP contribution in [0.1, 0.15) is 36.1 Å². The van der Waals surface area contributed by atoms with Crippen molar-refractivity contribution in [2.24, 2.45) is 5.92 Å². The quantitative estimate of drug-likeness (QED) is 0.879. The van der Waals surface area contributed by atoms with E-state index >= 15 is 0 Å². The van der Waals surface area contributed by atoms with Gasteiger partial charge in [-0.3, -0.25) is 4.90 Å². The summed E-state index contributed by atoms with van der Waals surface area (Å²) in [6, 6.07) is 3.02. The minimum atomic E-state index is 0.784. The molecule has 1 saturated heterocycles. The molecule has 3 heteroatoms. The lowest BCUT2D eigenvalue weighted by atomic mass is 10.0. The molecule has 2 fully saturated rings. The van der Waals surface area contributed by atoms with Crippen LogP contribution >= 0.6 is 11.3 Å². The predicted octanol–water partition coefficient (Wildman–Crippen LogP) is 3.02. The summed E-state index contributed by atoms with van der Waals surface area (Å²) < 4.78 is 0. The zero-order valence-corrected chi connectivity index (χ0v) is 12.1. The van der Waals surface area contributed by atoms with Gasteiger partial charge in [0.25, 0.3) is 0 Å². The van der Waals surface area contributed by atoms with Gasteiger partial charge in [-0.25, -0.2) is 0 Å². The zero-order chi connectivity index (χ0) is 12.4. The van der Waals surface area contributed by atoms with Gasteiger partial charge in [0, 0.05) is 17.5 Å². The predicted molar refractivity (Wildman–Crippen MR) is 78.1 cm³/mol. The molecule has 0 spiro atoms. The molecule has 100 valence electrons. The summed E-state index contributed by atoms with van der Waals surface area (Å²) in [5.41, 5.74) is 1.47. The number of hydrogen-bond donors (Lipinski definition) is 1. The first-order valence-corrected chi connectivity index (χ1v) is 8.18.